The molecule has 5 N–H and O–H groups in total. The molecule has 0 amide bonds. The zero-order valence-electron chi connectivity index (χ0n) is 13.3. The number of anilines is 2. The van der Waals surface area contributed by atoms with Crippen LogP contribution >= 0.6 is 0 Å². The molecule has 2 aliphatic rings. The number of phenols is 2. The summed E-state index contributed by atoms with van der Waals surface area (Å²) in [5.41, 5.74) is 1.36. The number of hydrogen-bond donors (Lipinski definition) is 5. The number of benzene rings is 2. The van der Waals surface area contributed by atoms with Crippen LogP contribution in [0.25, 0.3) is 0 Å². The molecule has 9 nitrogen and oxygen atoms in total. The van der Waals surface area contributed by atoms with Crippen molar-refractivity contribution in [2.24, 2.45) is 0 Å². The van der Waals surface area contributed by atoms with Crippen molar-refractivity contribution in [1.29, 1.82) is 0 Å². The summed E-state index contributed by atoms with van der Waals surface area (Å²) in [6.45, 7) is 0.676. The van der Waals surface area contributed by atoms with Crippen molar-refractivity contribution in [3.63, 3.8) is 0 Å². The molecule has 0 aliphatic carbocycles. The summed E-state index contributed by atoms with van der Waals surface area (Å²) < 4.78 is 10.5. The lowest BCUT2D eigenvalue weighted by molar-refractivity contribution is -0.0253. The van der Waals surface area contributed by atoms with E-state index in [1.165, 1.54) is 18.2 Å². The summed E-state index contributed by atoms with van der Waals surface area (Å²) in [6.07, 6.45) is -0.671. The molecule has 0 saturated carbocycles. The van der Waals surface area contributed by atoms with Crippen LogP contribution in [0.2, 0.25) is 0 Å². The molecule has 0 spiro atoms. The number of carboxylic acid groups (broad SMARTS) is 1. The van der Waals surface area contributed by atoms with Crippen molar-refractivity contribution >= 4 is 23.3 Å². The first-order chi connectivity index (χ1) is 12.5. The first kappa shape index (κ1) is 15.9. The molecule has 0 fully saturated rings. The predicted octanol–water partition coefficient (Wildman–Crippen LogP) is 1.71. The zero-order valence-corrected chi connectivity index (χ0v) is 13.3. The SMILES string of the molecule is O=C(OC1Nc2ccc(C(=O)O)c(O)c2O1)c1ccc2c(c1O)CCN2. The molecule has 0 aromatic heterocycles. The van der Waals surface area contributed by atoms with Gasteiger partial charge in [-0.2, -0.15) is 0 Å². The van der Waals surface area contributed by atoms with Crippen LogP contribution in [-0.2, 0) is 11.2 Å². The Balaban J connectivity index is 1.53. The molecule has 9 heteroatoms. The minimum Gasteiger partial charge on any atom is -0.507 e. The Labute approximate surface area is 146 Å². The van der Waals surface area contributed by atoms with E-state index in [1.807, 2.05) is 0 Å². The Hall–Kier alpha value is -3.62. The number of aromatic hydroxyl groups is 2. The number of carboxylic acids is 1. The van der Waals surface area contributed by atoms with Gasteiger partial charge in [-0.1, -0.05) is 0 Å². The van der Waals surface area contributed by atoms with Gasteiger partial charge >= 0.3 is 18.4 Å². The third kappa shape index (κ3) is 2.41. The first-order valence-electron chi connectivity index (χ1n) is 7.78. The van der Waals surface area contributed by atoms with Crippen LogP contribution in [-0.4, -0.2) is 40.2 Å². The van der Waals surface area contributed by atoms with Crippen LogP contribution in [0.4, 0.5) is 11.4 Å². The highest BCUT2D eigenvalue weighted by molar-refractivity contribution is 5.95. The highest BCUT2D eigenvalue weighted by Gasteiger charge is 2.31. The van der Waals surface area contributed by atoms with Crippen molar-refractivity contribution in [3.05, 3.63) is 41.0 Å². The number of ether oxygens (including phenoxy) is 2. The average Bonchev–Trinajstić information content (AvgIpc) is 3.22. The number of nitrogens with one attached hydrogen (secondary N) is 2. The maximum atomic E-state index is 12.4. The third-order valence-corrected chi connectivity index (χ3v) is 4.27. The van der Waals surface area contributed by atoms with Crippen LogP contribution < -0.4 is 15.4 Å². The summed E-state index contributed by atoms with van der Waals surface area (Å²) in [5, 5.41) is 35.0. The quantitative estimate of drug-likeness (QED) is 0.519. The van der Waals surface area contributed by atoms with Crippen LogP contribution in [0, 0.1) is 0 Å². The van der Waals surface area contributed by atoms with E-state index in [4.69, 9.17) is 14.6 Å². The molecule has 2 aromatic carbocycles. The van der Waals surface area contributed by atoms with Gasteiger partial charge in [0.15, 0.2) is 11.5 Å². The van der Waals surface area contributed by atoms with Crippen LogP contribution in [0.5, 0.6) is 17.2 Å². The van der Waals surface area contributed by atoms with Crippen LogP contribution in [0.1, 0.15) is 26.3 Å². The second kappa shape index (κ2) is 5.73. The van der Waals surface area contributed by atoms with Gasteiger partial charge in [-0.25, -0.2) is 9.59 Å². The van der Waals surface area contributed by atoms with E-state index in [1.54, 1.807) is 6.07 Å². The topological polar surface area (TPSA) is 137 Å². The van der Waals surface area contributed by atoms with E-state index in [0.29, 0.717) is 18.5 Å². The summed E-state index contributed by atoms with van der Waals surface area (Å²) in [5.74, 6) is -2.96. The molecule has 4 rings (SSSR count). The van der Waals surface area contributed by atoms with E-state index >= 15 is 0 Å². The number of esters is 1. The lowest BCUT2D eigenvalue weighted by Gasteiger charge is -2.14. The Morgan fingerprint density at radius 2 is 1.81 bits per heavy atom. The van der Waals surface area contributed by atoms with Gasteiger partial charge in [-0.05, 0) is 30.7 Å². The fourth-order valence-electron chi connectivity index (χ4n) is 3.00. The number of fused-ring (bicyclic) bond motifs is 2. The maximum Gasteiger partial charge on any atom is 0.346 e. The number of rotatable bonds is 3. The Bertz CT molecular complexity index is 941. The molecule has 2 aromatic rings. The summed E-state index contributed by atoms with van der Waals surface area (Å²) >= 11 is 0. The van der Waals surface area contributed by atoms with Gasteiger partial charge in [-0.15, -0.1) is 0 Å². The van der Waals surface area contributed by atoms with E-state index in [2.05, 4.69) is 10.6 Å². The highest BCUT2D eigenvalue weighted by Crippen LogP contribution is 2.42. The Kier molecular flexibility index (Phi) is 3.50. The van der Waals surface area contributed by atoms with Gasteiger partial charge in [-0.3, -0.25) is 0 Å². The number of hydrogen-bond acceptors (Lipinski definition) is 8. The van der Waals surface area contributed by atoms with Crippen molar-refractivity contribution in [1.82, 2.24) is 0 Å². The fourth-order valence-corrected chi connectivity index (χ4v) is 3.00. The first-order valence-corrected chi connectivity index (χ1v) is 7.78. The van der Waals surface area contributed by atoms with Gasteiger partial charge in [0.1, 0.15) is 16.9 Å². The normalized spacial score (nSPS) is 16.7. The monoisotopic (exact) mass is 358 g/mol. The molecule has 2 aliphatic heterocycles. The molecule has 0 radical (unpaired) electrons. The molecule has 1 atom stereocenters. The minimum atomic E-state index is -1.31. The second-order valence-corrected chi connectivity index (χ2v) is 5.81. The zero-order chi connectivity index (χ0) is 18.4. The van der Waals surface area contributed by atoms with Crippen molar-refractivity contribution in [2.75, 3.05) is 17.2 Å². The lowest BCUT2D eigenvalue weighted by Crippen LogP contribution is -2.27. The molecule has 2 heterocycles. The summed E-state index contributed by atoms with van der Waals surface area (Å²) in [6, 6.07) is 5.72. The van der Waals surface area contributed by atoms with E-state index in [-0.39, 0.29) is 28.3 Å². The van der Waals surface area contributed by atoms with Crippen molar-refractivity contribution in [2.45, 2.75) is 12.8 Å². The van der Waals surface area contributed by atoms with Gasteiger partial charge in [0.25, 0.3) is 0 Å². The smallest absolute Gasteiger partial charge is 0.346 e. The van der Waals surface area contributed by atoms with Crippen molar-refractivity contribution < 1.29 is 34.4 Å². The third-order valence-electron chi connectivity index (χ3n) is 4.27. The number of phenolic OH excluding ortho intramolecular Hbond substituents is 1. The van der Waals surface area contributed by atoms with Gasteiger partial charge in [0.2, 0.25) is 0 Å². The molecule has 26 heavy (non-hydrogen) atoms. The van der Waals surface area contributed by atoms with Gasteiger partial charge < -0.3 is 35.4 Å². The maximum absolute atomic E-state index is 12.4. The standard InChI is InChI=1S/C17H14N2O7/c20-12-7-5-6-18-10(7)3-2-9(12)16(24)26-17-19-11-4-1-8(15(22)23)13(21)14(11)25-17/h1-4,17-21H,5-6H2,(H,22,23). The lowest BCUT2D eigenvalue weighted by atomic mass is 10.1. The van der Waals surface area contributed by atoms with Crippen LogP contribution in [0.3, 0.4) is 0 Å². The molecule has 1 unspecified atom stereocenters. The Morgan fingerprint density at radius 1 is 1.08 bits per heavy atom. The fraction of sp³-hybridized carbons (Fsp3) is 0.176. The number of carbonyl (C=O) groups excluding carboxylic acids is 1. The molecule has 0 saturated heterocycles. The summed E-state index contributed by atoms with van der Waals surface area (Å²) in [4.78, 5) is 23.4. The minimum absolute atomic E-state index is 0.00995. The average molecular weight is 358 g/mol. The van der Waals surface area contributed by atoms with Gasteiger partial charge in [0.05, 0.1) is 5.69 Å². The predicted molar refractivity (Wildman–Crippen MR) is 88.8 cm³/mol. The molecular formula is C17H14N2O7. The number of aromatic carboxylic acids is 1. The Morgan fingerprint density at radius 3 is 2.58 bits per heavy atom. The number of carbonyl (C=O) groups is 2. The van der Waals surface area contributed by atoms with E-state index < -0.39 is 24.1 Å². The summed E-state index contributed by atoms with van der Waals surface area (Å²) in [7, 11) is 0. The van der Waals surface area contributed by atoms with E-state index in [0.717, 1.165) is 5.69 Å². The highest BCUT2D eigenvalue weighted by atomic mass is 16.7. The van der Waals surface area contributed by atoms with Crippen molar-refractivity contribution in [3.8, 4) is 17.2 Å². The molecule has 0 bridgehead atoms. The second-order valence-electron chi connectivity index (χ2n) is 5.81. The van der Waals surface area contributed by atoms with Crippen LogP contribution in [0.15, 0.2) is 24.3 Å². The van der Waals surface area contributed by atoms with E-state index in [9.17, 15) is 19.8 Å². The molecular weight excluding hydrogens is 344 g/mol. The largest absolute Gasteiger partial charge is 0.507 e. The molecule has 134 valence electrons. The van der Waals surface area contributed by atoms with Gasteiger partial charge in [0, 0.05) is 17.8 Å².